The van der Waals surface area contributed by atoms with Gasteiger partial charge in [0.25, 0.3) is 0 Å². The van der Waals surface area contributed by atoms with Gasteiger partial charge in [0.15, 0.2) is 6.29 Å². The molecule has 2 fully saturated rings. The van der Waals surface area contributed by atoms with Crippen LogP contribution in [0, 0.1) is 25.2 Å². The Labute approximate surface area is 203 Å². The van der Waals surface area contributed by atoms with E-state index in [-0.39, 0.29) is 35.8 Å². The molecule has 1 amide bonds. The summed E-state index contributed by atoms with van der Waals surface area (Å²) in [6, 6.07) is 5.74. The molecule has 2 aliphatic rings. The summed E-state index contributed by atoms with van der Waals surface area (Å²) in [6.07, 6.45) is 8.19. The standard InChI is InChI=1S/C17H21NO3.C4H7.C2H4NO.Na/c1-12-6-15(5-4-13(12)9-19)18-10-17(11-18)7-14(8-17)16(20-2)21-3;1-3-4-2;1-3-2-4;/h4-6,14,16H,1,7-8,10-11H2,2-3H3;3H,1-2,4H2;1H3,(H,3,4);/q-2;2*-1;+1. The minimum absolute atomic E-state index is 0. The first-order chi connectivity index (χ1) is 13.9. The van der Waals surface area contributed by atoms with Gasteiger partial charge >= 0.3 is 29.6 Å². The molecule has 30 heavy (non-hydrogen) atoms. The number of anilines is 1. The maximum Gasteiger partial charge on any atom is 1.00 e. The van der Waals surface area contributed by atoms with E-state index in [1.807, 2.05) is 18.4 Å². The summed E-state index contributed by atoms with van der Waals surface area (Å²) in [5.41, 5.74) is 2.86. The zero-order valence-electron chi connectivity index (χ0n) is 18.7. The fourth-order valence-electron chi connectivity index (χ4n) is 3.81. The largest absolute Gasteiger partial charge is 1.00 e. The van der Waals surface area contributed by atoms with E-state index in [2.05, 4.69) is 30.6 Å². The number of benzene rings is 1. The zero-order chi connectivity index (χ0) is 21.9. The summed E-state index contributed by atoms with van der Waals surface area (Å²) < 4.78 is 10.7. The van der Waals surface area contributed by atoms with Crippen LogP contribution in [-0.4, -0.2) is 53.3 Å². The molecular weight excluding hydrogens is 391 g/mol. The van der Waals surface area contributed by atoms with Crippen molar-refractivity contribution in [2.24, 2.45) is 11.3 Å². The summed E-state index contributed by atoms with van der Waals surface area (Å²) in [4.78, 5) is 22.0. The molecule has 0 unspecified atom stereocenters. The summed E-state index contributed by atoms with van der Waals surface area (Å²) in [7, 11) is 4.91. The van der Waals surface area contributed by atoms with Gasteiger partial charge in [0, 0.05) is 38.6 Å². The molecule has 162 valence electrons. The van der Waals surface area contributed by atoms with Crippen molar-refractivity contribution in [1.82, 2.24) is 5.32 Å². The summed E-state index contributed by atoms with van der Waals surface area (Å²) >= 11 is 0. The molecule has 1 saturated carbocycles. The Morgan fingerprint density at radius 3 is 2.23 bits per heavy atom. The van der Waals surface area contributed by atoms with E-state index in [1.54, 1.807) is 26.4 Å². The Kier molecular flexibility index (Phi) is 14.0. The molecule has 1 aliphatic heterocycles. The van der Waals surface area contributed by atoms with E-state index in [0.29, 0.717) is 16.9 Å². The quantitative estimate of drug-likeness (QED) is 0.217. The van der Waals surface area contributed by atoms with Crippen LogP contribution in [0.1, 0.15) is 30.4 Å². The molecule has 3 rings (SSSR count). The van der Waals surface area contributed by atoms with Gasteiger partial charge in [-0.25, -0.2) is 6.07 Å². The van der Waals surface area contributed by atoms with Gasteiger partial charge in [0.2, 0.25) is 0 Å². The predicted octanol–water partition coefficient (Wildman–Crippen LogP) is -0.165. The first-order valence-corrected chi connectivity index (χ1v) is 9.52. The van der Waals surface area contributed by atoms with Crippen LogP contribution in [0.2, 0.25) is 0 Å². The number of methoxy groups -OCH3 is 2. The number of hydrogen-bond donors (Lipinski definition) is 1. The Hall–Kier alpha value is -1.31. The fraction of sp³-hybridized carbons (Fsp3) is 0.478. The van der Waals surface area contributed by atoms with Crippen LogP contribution in [0.15, 0.2) is 30.9 Å². The van der Waals surface area contributed by atoms with E-state index in [4.69, 9.17) is 14.3 Å². The number of hydrogen-bond acceptors (Lipinski definition) is 5. The second-order valence-corrected chi connectivity index (χ2v) is 7.24. The monoisotopic (exact) mass is 423 g/mol. The van der Waals surface area contributed by atoms with Crippen molar-refractivity contribution in [3.05, 3.63) is 55.8 Å². The van der Waals surface area contributed by atoms with Gasteiger partial charge < -0.3 is 36.2 Å². The van der Waals surface area contributed by atoms with Gasteiger partial charge in [-0.1, -0.05) is 0 Å². The molecule has 0 aromatic heterocycles. The second kappa shape index (κ2) is 14.7. The van der Waals surface area contributed by atoms with Gasteiger partial charge in [-0.3, -0.25) is 18.1 Å². The van der Waals surface area contributed by atoms with Gasteiger partial charge in [-0.2, -0.15) is 18.9 Å². The number of nitrogens with one attached hydrogen (secondary N) is 1. The fourth-order valence-corrected chi connectivity index (χ4v) is 3.81. The number of amides is 1. The molecular formula is C23H32N2NaO4-3. The van der Waals surface area contributed by atoms with Crippen LogP contribution in [0.5, 0.6) is 0 Å². The number of ether oxygens (including phenoxy) is 2. The van der Waals surface area contributed by atoms with Crippen LogP contribution < -0.4 is 39.8 Å². The Balaban J connectivity index is 0.000000808. The SMILES string of the molecule is C=CC[CH2-].CN[C-]=O.[CH2-]c1cc(N2CC3(CC(C(OC)OC)C3)C2)ccc1[C-]=O.[Na+]. The van der Waals surface area contributed by atoms with E-state index < -0.39 is 0 Å². The van der Waals surface area contributed by atoms with Crippen LogP contribution in [-0.2, 0) is 19.1 Å². The van der Waals surface area contributed by atoms with E-state index in [0.717, 1.165) is 43.6 Å². The molecule has 1 aromatic rings. The molecule has 1 spiro atoms. The molecule has 1 saturated heterocycles. The maximum absolute atomic E-state index is 10.7. The minimum atomic E-state index is -0.0708. The van der Waals surface area contributed by atoms with E-state index >= 15 is 0 Å². The normalized spacial score (nSPS) is 15.8. The first-order valence-electron chi connectivity index (χ1n) is 9.52. The van der Waals surface area contributed by atoms with Gasteiger partial charge in [-0.15, -0.1) is 18.7 Å². The molecule has 1 aromatic carbocycles. The predicted molar refractivity (Wildman–Crippen MR) is 116 cm³/mol. The molecule has 0 bridgehead atoms. The van der Waals surface area contributed by atoms with Crippen molar-refractivity contribution in [2.75, 3.05) is 39.3 Å². The molecule has 1 aliphatic carbocycles. The third-order valence-corrected chi connectivity index (χ3v) is 5.16. The van der Waals surface area contributed by atoms with Gasteiger partial charge in [-0.05, 0) is 31.9 Å². The Morgan fingerprint density at radius 1 is 1.33 bits per heavy atom. The third kappa shape index (κ3) is 7.75. The Bertz CT molecular complexity index is 643. The van der Waals surface area contributed by atoms with Crippen molar-refractivity contribution in [2.45, 2.75) is 25.6 Å². The van der Waals surface area contributed by atoms with Crippen molar-refractivity contribution >= 4 is 18.4 Å². The summed E-state index contributed by atoms with van der Waals surface area (Å²) in [5.74, 6) is 0.512. The minimum Gasteiger partial charge on any atom is -0.532 e. The van der Waals surface area contributed by atoms with Crippen molar-refractivity contribution < 1.29 is 48.6 Å². The van der Waals surface area contributed by atoms with Crippen molar-refractivity contribution in [3.63, 3.8) is 0 Å². The number of carbonyl (C=O) groups excluding carboxylic acids is 2. The molecule has 0 atom stereocenters. The topological polar surface area (TPSA) is 67.9 Å². The molecule has 6 nitrogen and oxygen atoms in total. The van der Waals surface area contributed by atoms with E-state index in [1.165, 1.54) is 13.5 Å². The zero-order valence-corrected chi connectivity index (χ0v) is 20.7. The van der Waals surface area contributed by atoms with Crippen molar-refractivity contribution in [3.8, 4) is 0 Å². The number of allylic oxidation sites excluding steroid dienone is 1. The average molecular weight is 424 g/mol. The van der Waals surface area contributed by atoms with E-state index in [9.17, 15) is 4.79 Å². The van der Waals surface area contributed by atoms with Crippen LogP contribution in [0.4, 0.5) is 5.69 Å². The first kappa shape index (κ1) is 28.7. The average Bonchev–Trinajstić information content (AvgIpc) is 2.69. The maximum atomic E-state index is 10.7. The molecule has 0 radical (unpaired) electrons. The van der Waals surface area contributed by atoms with Gasteiger partial charge in [0.05, 0.1) is 0 Å². The third-order valence-electron chi connectivity index (χ3n) is 5.16. The molecule has 1 N–H and O–H groups in total. The number of rotatable bonds is 7. The van der Waals surface area contributed by atoms with Crippen LogP contribution >= 0.6 is 0 Å². The molecule has 7 heteroatoms. The molecule has 1 heterocycles. The Morgan fingerprint density at radius 2 is 1.87 bits per heavy atom. The van der Waals surface area contributed by atoms with Gasteiger partial charge in [0.1, 0.15) is 0 Å². The summed E-state index contributed by atoms with van der Waals surface area (Å²) in [5, 5.41) is 2.12. The second-order valence-electron chi connectivity index (χ2n) is 7.24. The number of nitrogens with zero attached hydrogens (tertiary/aromatic N) is 1. The van der Waals surface area contributed by atoms with Crippen LogP contribution in [0.25, 0.3) is 0 Å². The van der Waals surface area contributed by atoms with Crippen LogP contribution in [0.3, 0.4) is 0 Å². The smallest absolute Gasteiger partial charge is 0.532 e. The van der Waals surface area contributed by atoms with Crippen molar-refractivity contribution in [1.29, 1.82) is 0 Å². The summed E-state index contributed by atoms with van der Waals surface area (Å²) in [6.45, 7) is 12.9.